The molecule has 3 heteroatoms. The second-order valence-electron chi connectivity index (χ2n) is 12.7. The lowest BCUT2D eigenvalue weighted by molar-refractivity contribution is -0.0512. The van der Waals surface area contributed by atoms with Gasteiger partial charge in [-0.05, 0) is 97.7 Å². The third-order valence-corrected chi connectivity index (χ3v) is 10.7. The van der Waals surface area contributed by atoms with Crippen molar-refractivity contribution >= 4 is 6.03 Å². The van der Waals surface area contributed by atoms with Crippen LogP contribution in [0.25, 0.3) is 0 Å². The first kappa shape index (κ1) is 23.2. The van der Waals surface area contributed by atoms with E-state index in [2.05, 4.69) is 46.0 Å². The SMILES string of the molecule is CC(C)CCC[C@@H](C)[C@H]1CCC2C3CC=C4CC(NC(N)=O)CC[C@]4(C)C3CC[C@@]21C. The van der Waals surface area contributed by atoms with E-state index in [-0.39, 0.29) is 12.1 Å². The van der Waals surface area contributed by atoms with E-state index in [0.717, 1.165) is 48.3 Å². The molecule has 0 aromatic rings. The Bertz CT molecular complexity index is 699. The summed E-state index contributed by atoms with van der Waals surface area (Å²) in [6.07, 6.45) is 17.2. The number of rotatable bonds is 6. The summed E-state index contributed by atoms with van der Waals surface area (Å²) >= 11 is 0. The molecule has 0 spiro atoms. The van der Waals surface area contributed by atoms with E-state index in [1.54, 1.807) is 5.57 Å². The van der Waals surface area contributed by atoms with Crippen molar-refractivity contribution in [2.24, 2.45) is 52.1 Å². The highest BCUT2D eigenvalue weighted by atomic mass is 16.2. The number of hydrogen-bond acceptors (Lipinski definition) is 1. The number of nitrogens with two attached hydrogens (primary N) is 1. The molecule has 0 radical (unpaired) electrons. The van der Waals surface area contributed by atoms with Gasteiger partial charge in [-0.15, -0.1) is 0 Å². The van der Waals surface area contributed by atoms with Gasteiger partial charge < -0.3 is 11.1 Å². The molecule has 4 aliphatic carbocycles. The third kappa shape index (κ3) is 4.20. The van der Waals surface area contributed by atoms with Crippen molar-refractivity contribution in [2.75, 3.05) is 0 Å². The minimum atomic E-state index is -0.365. The Hall–Kier alpha value is -0.990. The van der Waals surface area contributed by atoms with Crippen LogP contribution >= 0.6 is 0 Å². The summed E-state index contributed by atoms with van der Waals surface area (Å²) < 4.78 is 0. The van der Waals surface area contributed by atoms with Crippen molar-refractivity contribution in [2.45, 2.75) is 111 Å². The summed E-state index contributed by atoms with van der Waals surface area (Å²) in [5, 5.41) is 2.99. The molecular formula is C28H48N2O. The van der Waals surface area contributed by atoms with E-state index in [9.17, 15) is 4.79 Å². The first-order chi connectivity index (χ1) is 14.6. The molecule has 2 amide bonds. The van der Waals surface area contributed by atoms with Crippen molar-refractivity contribution in [3.63, 3.8) is 0 Å². The van der Waals surface area contributed by atoms with Crippen LogP contribution in [-0.2, 0) is 0 Å². The molecule has 8 atom stereocenters. The van der Waals surface area contributed by atoms with Crippen LogP contribution in [0.4, 0.5) is 4.79 Å². The molecule has 3 fully saturated rings. The van der Waals surface area contributed by atoms with Gasteiger partial charge in [0.2, 0.25) is 0 Å². The second-order valence-corrected chi connectivity index (χ2v) is 12.7. The number of urea groups is 1. The van der Waals surface area contributed by atoms with Crippen LogP contribution in [0.3, 0.4) is 0 Å². The van der Waals surface area contributed by atoms with Gasteiger partial charge in [0.15, 0.2) is 0 Å². The predicted octanol–water partition coefficient (Wildman–Crippen LogP) is 7.06. The van der Waals surface area contributed by atoms with E-state index in [4.69, 9.17) is 5.73 Å². The number of carbonyl (C=O) groups excluding carboxylic acids is 1. The molecule has 176 valence electrons. The number of amides is 2. The second kappa shape index (κ2) is 8.75. The monoisotopic (exact) mass is 428 g/mol. The molecule has 4 unspecified atom stereocenters. The van der Waals surface area contributed by atoms with Crippen molar-refractivity contribution in [1.82, 2.24) is 5.32 Å². The third-order valence-electron chi connectivity index (χ3n) is 10.7. The number of allylic oxidation sites excluding steroid dienone is 1. The fourth-order valence-electron chi connectivity index (χ4n) is 9.01. The average molecular weight is 429 g/mol. The lowest BCUT2D eigenvalue weighted by Crippen LogP contribution is -2.52. The van der Waals surface area contributed by atoms with Gasteiger partial charge in [0, 0.05) is 6.04 Å². The minimum Gasteiger partial charge on any atom is -0.352 e. The minimum absolute atomic E-state index is 0.241. The van der Waals surface area contributed by atoms with Gasteiger partial charge in [0.25, 0.3) is 0 Å². The molecule has 3 N–H and O–H groups in total. The number of nitrogens with one attached hydrogen (secondary N) is 1. The van der Waals surface area contributed by atoms with Crippen LogP contribution in [0.15, 0.2) is 11.6 Å². The number of primary amides is 1. The number of hydrogen-bond donors (Lipinski definition) is 2. The molecule has 0 aromatic heterocycles. The van der Waals surface area contributed by atoms with Crippen LogP contribution < -0.4 is 11.1 Å². The van der Waals surface area contributed by atoms with Crippen molar-refractivity contribution in [3.8, 4) is 0 Å². The highest BCUT2D eigenvalue weighted by Crippen LogP contribution is 2.67. The number of fused-ring (bicyclic) bond motifs is 5. The molecule has 0 aliphatic heterocycles. The van der Waals surface area contributed by atoms with Crippen LogP contribution in [0.2, 0.25) is 0 Å². The summed E-state index contributed by atoms with van der Waals surface area (Å²) in [5.41, 5.74) is 7.95. The number of carbonyl (C=O) groups is 1. The predicted molar refractivity (Wildman–Crippen MR) is 130 cm³/mol. The van der Waals surface area contributed by atoms with Crippen LogP contribution in [-0.4, -0.2) is 12.1 Å². The Morgan fingerprint density at radius 2 is 1.87 bits per heavy atom. The summed E-state index contributed by atoms with van der Waals surface area (Å²) in [6.45, 7) is 12.5. The van der Waals surface area contributed by atoms with Crippen molar-refractivity contribution < 1.29 is 4.79 Å². The smallest absolute Gasteiger partial charge is 0.312 e. The normalized spacial score (nSPS) is 42.9. The van der Waals surface area contributed by atoms with E-state index in [0.29, 0.717) is 10.8 Å². The molecule has 3 nitrogen and oxygen atoms in total. The van der Waals surface area contributed by atoms with Crippen molar-refractivity contribution in [1.29, 1.82) is 0 Å². The van der Waals surface area contributed by atoms with Gasteiger partial charge in [-0.2, -0.15) is 0 Å². The van der Waals surface area contributed by atoms with E-state index >= 15 is 0 Å². The molecule has 31 heavy (non-hydrogen) atoms. The van der Waals surface area contributed by atoms with Crippen LogP contribution in [0.1, 0.15) is 105 Å². The van der Waals surface area contributed by atoms with Gasteiger partial charge in [-0.25, -0.2) is 4.79 Å². The highest BCUT2D eigenvalue weighted by molar-refractivity contribution is 5.72. The maximum atomic E-state index is 11.4. The summed E-state index contributed by atoms with van der Waals surface area (Å²) in [7, 11) is 0. The van der Waals surface area contributed by atoms with Gasteiger partial charge in [0.05, 0.1) is 0 Å². The first-order valence-corrected chi connectivity index (χ1v) is 13.4. The van der Waals surface area contributed by atoms with E-state index < -0.39 is 0 Å². The molecule has 4 aliphatic rings. The highest BCUT2D eigenvalue weighted by Gasteiger charge is 2.59. The summed E-state index contributed by atoms with van der Waals surface area (Å²) in [5.74, 6) is 5.29. The standard InChI is InChI=1S/C28H48N2O/c1-18(2)7-6-8-19(3)23-11-12-24-22-10-9-20-17-21(30-26(29)31)13-15-27(20,4)25(22)14-16-28(23,24)5/h9,18-19,21-25H,6-8,10-17H2,1-5H3,(H3,29,30,31)/t19-,21?,22?,23-,24?,25?,27+,28-/m1/s1. The fourth-order valence-corrected chi connectivity index (χ4v) is 9.01. The Balaban J connectivity index is 1.47. The fraction of sp³-hybridized carbons (Fsp3) is 0.893. The average Bonchev–Trinajstić information content (AvgIpc) is 3.05. The van der Waals surface area contributed by atoms with Crippen LogP contribution in [0, 0.1) is 46.3 Å². The van der Waals surface area contributed by atoms with Gasteiger partial charge in [-0.1, -0.05) is 65.5 Å². The lowest BCUT2D eigenvalue weighted by atomic mass is 9.47. The van der Waals surface area contributed by atoms with E-state index in [1.165, 1.54) is 57.8 Å². The molecule has 0 aromatic carbocycles. The zero-order valence-corrected chi connectivity index (χ0v) is 20.9. The topological polar surface area (TPSA) is 55.1 Å². The molecule has 0 heterocycles. The Labute approximate surface area is 191 Å². The maximum absolute atomic E-state index is 11.4. The van der Waals surface area contributed by atoms with E-state index in [1.807, 2.05) is 0 Å². The zero-order valence-electron chi connectivity index (χ0n) is 20.9. The maximum Gasteiger partial charge on any atom is 0.312 e. The lowest BCUT2D eigenvalue weighted by Gasteiger charge is -2.58. The van der Waals surface area contributed by atoms with Crippen LogP contribution in [0.5, 0.6) is 0 Å². The zero-order chi connectivity index (χ0) is 22.4. The summed E-state index contributed by atoms with van der Waals surface area (Å²) in [6, 6.07) is -0.124. The Morgan fingerprint density at radius 1 is 1.10 bits per heavy atom. The molecular weight excluding hydrogens is 380 g/mol. The molecule has 3 saturated carbocycles. The summed E-state index contributed by atoms with van der Waals surface area (Å²) in [4.78, 5) is 11.4. The quantitative estimate of drug-likeness (QED) is 0.437. The Morgan fingerprint density at radius 3 is 2.58 bits per heavy atom. The molecule has 4 rings (SSSR count). The largest absolute Gasteiger partial charge is 0.352 e. The van der Waals surface area contributed by atoms with Gasteiger partial charge in [-0.3, -0.25) is 0 Å². The van der Waals surface area contributed by atoms with Crippen molar-refractivity contribution in [3.05, 3.63) is 11.6 Å². The van der Waals surface area contributed by atoms with Gasteiger partial charge in [0.1, 0.15) is 0 Å². The molecule has 0 saturated heterocycles. The first-order valence-electron chi connectivity index (χ1n) is 13.4. The van der Waals surface area contributed by atoms with Gasteiger partial charge >= 0.3 is 6.03 Å². The molecule has 0 bridgehead atoms. The Kier molecular flexibility index (Phi) is 6.54.